The number of amides is 2. The summed E-state index contributed by atoms with van der Waals surface area (Å²) in [6.07, 6.45) is 2.47. The Hall–Kier alpha value is -3.36. The number of benzene rings is 1. The molecule has 33 heavy (non-hydrogen) atoms. The zero-order valence-corrected chi connectivity index (χ0v) is 18.6. The first-order chi connectivity index (χ1) is 15.9. The molecule has 1 aromatic heterocycles. The topological polar surface area (TPSA) is 90.0 Å². The molecule has 0 spiro atoms. The van der Waals surface area contributed by atoms with Crippen LogP contribution < -0.4 is 19.5 Å². The zero-order valence-electron chi connectivity index (χ0n) is 18.6. The van der Waals surface area contributed by atoms with Crippen molar-refractivity contribution >= 4 is 17.5 Å². The number of aryl methyl sites for hydroxylation is 2. The predicted molar refractivity (Wildman–Crippen MR) is 118 cm³/mol. The molecule has 8 nitrogen and oxygen atoms in total. The molecule has 1 aromatic carbocycles. The highest BCUT2D eigenvalue weighted by molar-refractivity contribution is 6.00. The maximum absolute atomic E-state index is 13.5. The van der Waals surface area contributed by atoms with Crippen LogP contribution in [-0.2, 0) is 11.2 Å². The Kier molecular flexibility index (Phi) is 5.55. The lowest BCUT2D eigenvalue weighted by atomic mass is 10.1. The normalized spacial score (nSPS) is 22.3. The molecule has 2 amide bonds. The second-order valence-electron chi connectivity index (χ2n) is 8.84. The van der Waals surface area contributed by atoms with E-state index in [0.717, 1.165) is 16.8 Å². The standard InChI is InChI=1S/C24H26FN3O5/c1-13-5-19-23(20(6-13)32-14(2)9-25)24(30)28-11-17(7-16(28)12-31-19)33-22-8-18-15(10-26-22)3-4-21(29)27-18/h5-6,8,10,14,16-17H,3-4,7,9,11-12H2,1-2H3,(H,27,29)/t14-,16-,17+/m1/s1. The van der Waals surface area contributed by atoms with Crippen molar-refractivity contribution in [2.45, 2.75) is 51.4 Å². The van der Waals surface area contributed by atoms with Crippen molar-refractivity contribution in [2.75, 3.05) is 25.1 Å². The van der Waals surface area contributed by atoms with Gasteiger partial charge in [-0.1, -0.05) is 0 Å². The van der Waals surface area contributed by atoms with Gasteiger partial charge in [0, 0.05) is 25.1 Å². The Morgan fingerprint density at radius 3 is 2.97 bits per heavy atom. The number of halogens is 1. The summed E-state index contributed by atoms with van der Waals surface area (Å²) in [6, 6.07) is 5.11. The van der Waals surface area contributed by atoms with Gasteiger partial charge in [-0.25, -0.2) is 9.37 Å². The first-order valence-electron chi connectivity index (χ1n) is 11.2. The Labute approximate surface area is 191 Å². The van der Waals surface area contributed by atoms with Crippen molar-refractivity contribution in [3.05, 3.63) is 41.1 Å². The summed E-state index contributed by atoms with van der Waals surface area (Å²) in [7, 11) is 0. The maximum Gasteiger partial charge on any atom is 0.261 e. The van der Waals surface area contributed by atoms with Gasteiger partial charge in [0.2, 0.25) is 11.8 Å². The number of fused-ring (bicyclic) bond motifs is 3. The van der Waals surface area contributed by atoms with Gasteiger partial charge in [-0.15, -0.1) is 0 Å². The molecule has 3 aliphatic heterocycles. The first-order valence-corrected chi connectivity index (χ1v) is 11.2. The van der Waals surface area contributed by atoms with Crippen LogP contribution in [0.1, 0.15) is 41.3 Å². The second-order valence-corrected chi connectivity index (χ2v) is 8.84. The Morgan fingerprint density at radius 1 is 1.30 bits per heavy atom. The third-order valence-electron chi connectivity index (χ3n) is 6.18. The summed E-state index contributed by atoms with van der Waals surface area (Å²) < 4.78 is 30.9. The van der Waals surface area contributed by atoms with Crippen molar-refractivity contribution < 1.29 is 28.2 Å². The molecule has 1 N–H and O–H groups in total. The average molecular weight is 455 g/mol. The van der Waals surface area contributed by atoms with Crippen molar-refractivity contribution in [3.63, 3.8) is 0 Å². The summed E-state index contributed by atoms with van der Waals surface area (Å²) in [4.78, 5) is 31.3. The Balaban J connectivity index is 1.35. The highest BCUT2D eigenvalue weighted by Crippen LogP contribution is 2.38. The number of nitrogens with one attached hydrogen (secondary N) is 1. The van der Waals surface area contributed by atoms with E-state index < -0.39 is 12.8 Å². The fraction of sp³-hybridized carbons (Fsp3) is 0.458. The van der Waals surface area contributed by atoms with Crippen LogP contribution in [-0.4, -0.2) is 59.8 Å². The van der Waals surface area contributed by atoms with Crippen molar-refractivity contribution in [2.24, 2.45) is 0 Å². The quantitative estimate of drug-likeness (QED) is 0.745. The number of aromatic nitrogens is 1. The van der Waals surface area contributed by atoms with Crippen molar-refractivity contribution in [3.8, 4) is 17.4 Å². The fourth-order valence-electron chi connectivity index (χ4n) is 4.56. The smallest absolute Gasteiger partial charge is 0.261 e. The van der Waals surface area contributed by atoms with Gasteiger partial charge in [0.05, 0.1) is 18.3 Å². The van der Waals surface area contributed by atoms with Crippen molar-refractivity contribution in [1.29, 1.82) is 0 Å². The summed E-state index contributed by atoms with van der Waals surface area (Å²) >= 11 is 0. The molecule has 3 atom stereocenters. The molecule has 174 valence electrons. The molecule has 4 heterocycles. The third-order valence-corrected chi connectivity index (χ3v) is 6.18. The van der Waals surface area contributed by atoms with E-state index in [1.54, 1.807) is 30.2 Å². The molecule has 3 aliphatic rings. The molecule has 9 heteroatoms. The Bertz CT molecular complexity index is 1110. The summed E-state index contributed by atoms with van der Waals surface area (Å²) in [5, 5.41) is 2.85. The van der Waals surface area contributed by atoms with Crippen LogP contribution in [0.2, 0.25) is 0 Å². The number of hydrogen-bond acceptors (Lipinski definition) is 6. The highest BCUT2D eigenvalue weighted by atomic mass is 19.1. The van der Waals surface area contributed by atoms with E-state index in [2.05, 4.69) is 10.3 Å². The number of ether oxygens (including phenoxy) is 3. The summed E-state index contributed by atoms with van der Waals surface area (Å²) in [6.45, 7) is 3.53. The van der Waals surface area contributed by atoms with Crippen molar-refractivity contribution in [1.82, 2.24) is 9.88 Å². The van der Waals surface area contributed by atoms with Crippen LogP contribution in [0.3, 0.4) is 0 Å². The monoisotopic (exact) mass is 455 g/mol. The van der Waals surface area contributed by atoms with Gasteiger partial charge in [-0.3, -0.25) is 9.59 Å². The number of carbonyl (C=O) groups is 2. The van der Waals surface area contributed by atoms with Crippen LogP contribution in [0.25, 0.3) is 0 Å². The van der Waals surface area contributed by atoms with Gasteiger partial charge in [0.1, 0.15) is 42.6 Å². The minimum atomic E-state index is -0.673. The first kappa shape index (κ1) is 21.5. The molecular weight excluding hydrogens is 429 g/mol. The van der Waals surface area contributed by atoms with E-state index in [1.807, 2.05) is 13.0 Å². The van der Waals surface area contributed by atoms with E-state index in [4.69, 9.17) is 14.2 Å². The van der Waals surface area contributed by atoms with E-state index in [0.29, 0.717) is 55.4 Å². The lowest BCUT2D eigenvalue weighted by Gasteiger charge is -2.22. The molecule has 0 aliphatic carbocycles. The molecule has 1 saturated heterocycles. The van der Waals surface area contributed by atoms with Crippen LogP contribution in [0, 0.1) is 6.92 Å². The number of rotatable bonds is 5. The van der Waals surface area contributed by atoms with Crippen LogP contribution >= 0.6 is 0 Å². The molecule has 0 unspecified atom stereocenters. The average Bonchev–Trinajstić information content (AvgIpc) is 3.13. The van der Waals surface area contributed by atoms with Gasteiger partial charge in [0.25, 0.3) is 5.91 Å². The molecule has 1 fully saturated rings. The summed E-state index contributed by atoms with van der Waals surface area (Å²) in [5.74, 6) is 0.956. The number of carbonyl (C=O) groups excluding carboxylic acids is 2. The third kappa shape index (κ3) is 4.19. The highest BCUT2D eigenvalue weighted by Gasteiger charge is 2.42. The second kappa shape index (κ2) is 8.53. The van der Waals surface area contributed by atoms with Gasteiger partial charge in [-0.2, -0.15) is 0 Å². The van der Waals surface area contributed by atoms with Crippen LogP contribution in [0.4, 0.5) is 10.1 Å². The lowest BCUT2D eigenvalue weighted by molar-refractivity contribution is -0.116. The summed E-state index contributed by atoms with van der Waals surface area (Å²) in [5.41, 5.74) is 2.89. The van der Waals surface area contributed by atoms with E-state index in [1.165, 1.54) is 0 Å². The molecule has 0 radical (unpaired) electrons. The number of anilines is 1. The predicted octanol–water partition coefficient (Wildman–Crippen LogP) is 3.07. The van der Waals surface area contributed by atoms with Gasteiger partial charge in [0.15, 0.2) is 0 Å². The van der Waals surface area contributed by atoms with Crippen LogP contribution in [0.5, 0.6) is 17.4 Å². The molecule has 0 saturated carbocycles. The van der Waals surface area contributed by atoms with E-state index in [-0.39, 0.29) is 24.0 Å². The molecule has 0 bridgehead atoms. The van der Waals surface area contributed by atoms with Gasteiger partial charge >= 0.3 is 0 Å². The van der Waals surface area contributed by atoms with Crippen LogP contribution in [0.15, 0.2) is 24.4 Å². The van der Waals surface area contributed by atoms with E-state index >= 15 is 0 Å². The Morgan fingerprint density at radius 2 is 2.15 bits per heavy atom. The largest absolute Gasteiger partial charge is 0.490 e. The number of nitrogens with zero attached hydrogens (tertiary/aromatic N) is 2. The number of pyridine rings is 1. The van der Waals surface area contributed by atoms with E-state index in [9.17, 15) is 14.0 Å². The minimum absolute atomic E-state index is 0.0225. The molecular formula is C24H26FN3O5. The maximum atomic E-state index is 13.5. The van der Waals surface area contributed by atoms with Gasteiger partial charge in [-0.05, 0) is 43.5 Å². The SMILES string of the molecule is Cc1cc2c(c(O[C@H](C)CF)c1)C(=O)N1C[C@@H](Oc3cc4c(cn3)CCC(=O)N4)C[C@@H]1CO2. The number of alkyl halides is 1. The zero-order chi connectivity index (χ0) is 23.1. The molecule has 5 rings (SSSR count). The van der Waals surface area contributed by atoms with Gasteiger partial charge < -0.3 is 24.4 Å². The lowest BCUT2D eigenvalue weighted by Crippen LogP contribution is -2.37. The molecule has 2 aromatic rings. The minimum Gasteiger partial charge on any atom is -0.490 e. The number of hydrogen-bond donors (Lipinski definition) is 1. The fourth-order valence-corrected chi connectivity index (χ4v) is 4.56.